The average Bonchev–Trinajstić information content (AvgIpc) is 3.72. The Labute approximate surface area is 350 Å². The summed E-state index contributed by atoms with van der Waals surface area (Å²) < 4.78 is 26.0. The van der Waals surface area contributed by atoms with Crippen molar-refractivity contribution in [3.8, 4) is 11.5 Å². The van der Waals surface area contributed by atoms with Gasteiger partial charge in [0.15, 0.2) is 6.23 Å². The van der Waals surface area contributed by atoms with Gasteiger partial charge in [-0.2, -0.15) is 0 Å². The number of pyridine rings is 1. The second kappa shape index (κ2) is 17.2. The number of piperazine rings is 1. The maximum absolute atomic E-state index is 13.8. The molecular weight excluding hydrogens is 794 g/mol. The monoisotopic (exact) mass is 837 g/mol. The number of nitrogens with one attached hydrogen (secondary N) is 3. The Morgan fingerprint density at radius 1 is 1.03 bits per heavy atom. The quantitative estimate of drug-likeness (QED) is 0.0635. The van der Waals surface area contributed by atoms with E-state index in [0.717, 1.165) is 98.9 Å². The standard InChI is InChI=1S/C43H44ClN7O7S/c44-31-3-1-28(2-4-31)36-22-43(26-56-27-43)11-9-30(36)24-49-13-15-50(16-14-49)32-5-7-35(39(20-32)58-33-19-29-10-12-45-41(29)46-23-33)42(52)48-59-34-6-8-37(38(21-34)51(53)54)47-40-25-55-17-18-57-40/h1-8,10,12,19-21,23,40,47H,9,11,13-18,22,24-27H2,(H,45,46)(H,48,52). The number of nitro benzene ring substituents is 1. The SMILES string of the molecule is O=C(NSc1ccc(NC2COCCO2)c([N+](=O)[O-])c1)c1ccc(N2CCN(CC3=C(c4ccc(Cl)cc4)CC4(CC3)COC4)CC2)cc1Oc1cnc2[nH]ccc2c1. The number of aromatic amines is 1. The van der Waals surface area contributed by atoms with Crippen molar-refractivity contribution in [1.29, 1.82) is 0 Å². The molecule has 1 spiro atoms. The molecule has 1 unspecified atom stereocenters. The molecule has 0 radical (unpaired) electrons. The number of fused-ring (bicyclic) bond motifs is 1. The van der Waals surface area contributed by atoms with Crippen LogP contribution in [0.1, 0.15) is 35.2 Å². The fourth-order valence-electron chi connectivity index (χ4n) is 8.19. The number of allylic oxidation sites excluding steroid dienone is 1. The highest BCUT2D eigenvalue weighted by atomic mass is 35.5. The van der Waals surface area contributed by atoms with E-state index < -0.39 is 17.1 Å². The van der Waals surface area contributed by atoms with Crippen molar-refractivity contribution in [2.24, 2.45) is 5.41 Å². The highest BCUT2D eigenvalue weighted by molar-refractivity contribution is 7.98. The highest BCUT2D eigenvalue weighted by Crippen LogP contribution is 2.48. The molecule has 5 aromatic rings. The molecule has 0 bridgehead atoms. The molecule has 3 saturated heterocycles. The van der Waals surface area contributed by atoms with Crippen molar-refractivity contribution in [3.05, 3.63) is 117 Å². The topological polar surface area (TPSA) is 156 Å². The van der Waals surface area contributed by atoms with Crippen molar-refractivity contribution < 1.29 is 28.7 Å². The number of halogens is 1. The molecule has 14 nitrogen and oxygen atoms in total. The van der Waals surface area contributed by atoms with Gasteiger partial charge < -0.3 is 34.1 Å². The number of nitro groups is 1. The van der Waals surface area contributed by atoms with Crippen molar-refractivity contribution in [3.63, 3.8) is 0 Å². The number of nitrogens with zero attached hydrogens (tertiary/aromatic N) is 4. The van der Waals surface area contributed by atoms with Gasteiger partial charge in [0, 0.05) is 77.5 Å². The summed E-state index contributed by atoms with van der Waals surface area (Å²) in [4.78, 5) is 38.3. The van der Waals surface area contributed by atoms with Gasteiger partial charge in [-0.15, -0.1) is 0 Å². The van der Waals surface area contributed by atoms with Crippen LogP contribution in [0.4, 0.5) is 17.1 Å². The first-order valence-electron chi connectivity index (χ1n) is 19.8. The zero-order chi connectivity index (χ0) is 40.3. The summed E-state index contributed by atoms with van der Waals surface area (Å²) in [6, 6.07) is 22.4. The number of hydrogen-bond acceptors (Lipinski definition) is 12. The lowest BCUT2D eigenvalue weighted by Gasteiger charge is -2.46. The van der Waals surface area contributed by atoms with Gasteiger partial charge in [0.1, 0.15) is 22.8 Å². The molecule has 1 atom stereocenters. The van der Waals surface area contributed by atoms with E-state index in [0.29, 0.717) is 40.9 Å². The Hall–Kier alpha value is -5.16. The molecule has 3 fully saturated rings. The first-order valence-corrected chi connectivity index (χ1v) is 21.0. The molecule has 59 heavy (non-hydrogen) atoms. The largest absolute Gasteiger partial charge is 0.455 e. The van der Waals surface area contributed by atoms with Crippen LogP contribution < -0.4 is 19.7 Å². The fourth-order valence-corrected chi connectivity index (χ4v) is 8.95. The van der Waals surface area contributed by atoms with E-state index in [2.05, 4.69) is 41.9 Å². The summed E-state index contributed by atoms with van der Waals surface area (Å²) in [5.41, 5.74) is 6.58. The Balaban J connectivity index is 0.904. The van der Waals surface area contributed by atoms with E-state index in [1.807, 2.05) is 42.6 Å². The number of carbonyl (C=O) groups is 1. The van der Waals surface area contributed by atoms with Crippen LogP contribution in [0.3, 0.4) is 0 Å². The second-order valence-corrected chi connectivity index (χ2v) is 16.8. The Bertz CT molecular complexity index is 2370. The van der Waals surface area contributed by atoms with E-state index in [-0.39, 0.29) is 17.7 Å². The van der Waals surface area contributed by atoms with Crippen LogP contribution >= 0.6 is 23.5 Å². The molecule has 1 aliphatic carbocycles. The molecule has 2 aromatic heterocycles. The molecule has 306 valence electrons. The van der Waals surface area contributed by atoms with Gasteiger partial charge >= 0.3 is 0 Å². The zero-order valence-electron chi connectivity index (χ0n) is 32.3. The van der Waals surface area contributed by atoms with E-state index >= 15 is 0 Å². The number of rotatable bonds is 12. The molecular formula is C43H44ClN7O7S. The predicted molar refractivity (Wildman–Crippen MR) is 227 cm³/mol. The molecule has 4 aliphatic rings. The van der Waals surface area contributed by atoms with E-state index in [9.17, 15) is 14.9 Å². The molecule has 3 N–H and O–H groups in total. The summed E-state index contributed by atoms with van der Waals surface area (Å²) in [5.74, 6) is 0.440. The lowest BCUT2D eigenvalue weighted by molar-refractivity contribution is -0.384. The molecule has 1 amide bonds. The van der Waals surface area contributed by atoms with Crippen molar-refractivity contribution >= 4 is 63.1 Å². The third-order valence-corrected chi connectivity index (χ3v) is 12.5. The number of H-pyrrole nitrogens is 1. The summed E-state index contributed by atoms with van der Waals surface area (Å²) >= 11 is 7.25. The van der Waals surface area contributed by atoms with Crippen LogP contribution in [0.5, 0.6) is 11.5 Å². The Kier molecular flexibility index (Phi) is 11.5. The first kappa shape index (κ1) is 39.3. The van der Waals surface area contributed by atoms with Gasteiger partial charge in [-0.25, -0.2) is 4.98 Å². The number of carbonyl (C=O) groups excluding carboxylic acids is 1. The van der Waals surface area contributed by atoms with Gasteiger partial charge in [-0.05, 0) is 90.9 Å². The van der Waals surface area contributed by atoms with Crippen LogP contribution in [-0.4, -0.2) is 97.7 Å². The second-order valence-electron chi connectivity index (χ2n) is 15.4. The molecule has 3 aliphatic heterocycles. The minimum absolute atomic E-state index is 0.144. The minimum Gasteiger partial charge on any atom is -0.455 e. The van der Waals surface area contributed by atoms with Crippen LogP contribution in [0, 0.1) is 15.5 Å². The molecule has 9 rings (SSSR count). The van der Waals surface area contributed by atoms with Crippen LogP contribution in [0.15, 0.2) is 95.7 Å². The average molecular weight is 838 g/mol. The number of hydrogen-bond donors (Lipinski definition) is 3. The molecule has 5 heterocycles. The molecule has 0 saturated carbocycles. The van der Waals surface area contributed by atoms with Crippen molar-refractivity contribution in [1.82, 2.24) is 19.6 Å². The molecule has 16 heteroatoms. The third kappa shape index (κ3) is 8.91. The summed E-state index contributed by atoms with van der Waals surface area (Å²) in [5, 5.41) is 16.6. The van der Waals surface area contributed by atoms with Crippen LogP contribution in [-0.2, 0) is 14.2 Å². The number of amides is 1. The smallest absolute Gasteiger partial charge is 0.293 e. The van der Waals surface area contributed by atoms with Gasteiger partial charge in [-0.3, -0.25) is 24.5 Å². The highest BCUT2D eigenvalue weighted by Gasteiger charge is 2.42. The zero-order valence-corrected chi connectivity index (χ0v) is 33.9. The van der Waals surface area contributed by atoms with Crippen LogP contribution in [0.25, 0.3) is 16.6 Å². The van der Waals surface area contributed by atoms with Crippen molar-refractivity contribution in [2.45, 2.75) is 30.4 Å². The lowest BCUT2D eigenvalue weighted by atomic mass is 9.69. The fraction of sp³-hybridized carbons (Fsp3) is 0.349. The van der Waals surface area contributed by atoms with Crippen LogP contribution in [0.2, 0.25) is 5.02 Å². The predicted octanol–water partition coefficient (Wildman–Crippen LogP) is 7.92. The molecule has 3 aromatic carbocycles. The van der Waals surface area contributed by atoms with Crippen molar-refractivity contribution in [2.75, 3.05) is 76.0 Å². The maximum Gasteiger partial charge on any atom is 0.293 e. The summed E-state index contributed by atoms with van der Waals surface area (Å²) in [7, 11) is 0. The maximum atomic E-state index is 13.8. The third-order valence-electron chi connectivity index (χ3n) is 11.5. The van der Waals surface area contributed by atoms with Gasteiger partial charge in [0.25, 0.3) is 11.6 Å². The first-order chi connectivity index (χ1) is 28.8. The minimum atomic E-state index is -0.497. The number of aromatic nitrogens is 2. The van der Waals surface area contributed by atoms with E-state index in [1.54, 1.807) is 24.4 Å². The van der Waals surface area contributed by atoms with Gasteiger partial charge in [-0.1, -0.05) is 29.3 Å². The number of benzene rings is 3. The number of anilines is 2. The summed E-state index contributed by atoms with van der Waals surface area (Å²) in [6.45, 7) is 7.14. The lowest BCUT2D eigenvalue weighted by Crippen LogP contribution is -2.48. The number of ether oxygens (including phenoxy) is 4. The van der Waals surface area contributed by atoms with E-state index in [4.69, 9.17) is 30.5 Å². The van der Waals surface area contributed by atoms with Gasteiger partial charge in [0.05, 0.1) is 49.7 Å². The summed E-state index contributed by atoms with van der Waals surface area (Å²) in [6.07, 6.45) is 6.20. The normalized spacial score (nSPS) is 19.4. The van der Waals surface area contributed by atoms with Gasteiger partial charge in [0.2, 0.25) is 0 Å². The van der Waals surface area contributed by atoms with E-state index in [1.165, 1.54) is 22.8 Å². The Morgan fingerprint density at radius 3 is 2.64 bits per heavy atom. The Morgan fingerprint density at radius 2 is 1.88 bits per heavy atom.